The van der Waals surface area contributed by atoms with E-state index in [1.807, 2.05) is 12.1 Å². The molecular weight excluding hydrogens is 231 g/mol. The molecule has 0 bridgehead atoms. The lowest BCUT2D eigenvalue weighted by Gasteiger charge is -2.03. The van der Waals surface area contributed by atoms with Crippen molar-refractivity contribution >= 4 is 5.78 Å². The summed E-state index contributed by atoms with van der Waals surface area (Å²) in [6.45, 7) is 0.562. The molecule has 1 aromatic heterocycles. The van der Waals surface area contributed by atoms with Crippen molar-refractivity contribution in [3.05, 3.63) is 65.2 Å². The molecule has 2 rings (SSSR count). The normalized spacial score (nSPS) is 10.3. The number of nitrogens with two attached hydrogens (primary N) is 1. The predicted molar refractivity (Wildman–Crippen MR) is 66.8 cm³/mol. The van der Waals surface area contributed by atoms with Gasteiger partial charge in [0.15, 0.2) is 11.6 Å². The molecule has 0 aliphatic heterocycles. The highest BCUT2D eigenvalue weighted by Crippen LogP contribution is 2.13. The lowest BCUT2D eigenvalue weighted by molar-refractivity contribution is 0.103. The van der Waals surface area contributed by atoms with Gasteiger partial charge in [0.1, 0.15) is 0 Å². The van der Waals surface area contributed by atoms with Crippen LogP contribution in [0.5, 0.6) is 0 Å². The Bertz CT molecular complexity index is 552. The van der Waals surface area contributed by atoms with E-state index in [9.17, 15) is 9.18 Å². The van der Waals surface area contributed by atoms with E-state index >= 15 is 0 Å². The number of benzene rings is 1. The SMILES string of the molecule is NCCc1ccc(C(=O)c2ccncc2F)cc1. The van der Waals surface area contributed by atoms with Gasteiger partial charge in [-0.15, -0.1) is 0 Å². The smallest absolute Gasteiger partial charge is 0.196 e. The van der Waals surface area contributed by atoms with Crippen LogP contribution in [0.25, 0.3) is 0 Å². The maximum absolute atomic E-state index is 13.4. The zero-order valence-electron chi connectivity index (χ0n) is 9.77. The van der Waals surface area contributed by atoms with Crippen LogP contribution in [0.2, 0.25) is 0 Å². The maximum atomic E-state index is 13.4. The molecule has 2 N–H and O–H groups in total. The summed E-state index contributed by atoms with van der Waals surface area (Å²) < 4.78 is 13.4. The molecule has 18 heavy (non-hydrogen) atoms. The summed E-state index contributed by atoms with van der Waals surface area (Å²) >= 11 is 0. The second-order valence-corrected chi connectivity index (χ2v) is 3.92. The number of ketones is 1. The second-order valence-electron chi connectivity index (χ2n) is 3.92. The van der Waals surface area contributed by atoms with Crippen LogP contribution in [0, 0.1) is 5.82 Å². The van der Waals surface area contributed by atoms with Crippen LogP contribution in [0.3, 0.4) is 0 Å². The zero-order valence-corrected chi connectivity index (χ0v) is 9.77. The monoisotopic (exact) mass is 244 g/mol. The van der Waals surface area contributed by atoms with Gasteiger partial charge in [-0.25, -0.2) is 4.39 Å². The first kappa shape index (κ1) is 12.4. The largest absolute Gasteiger partial charge is 0.330 e. The molecule has 0 saturated carbocycles. The van der Waals surface area contributed by atoms with Gasteiger partial charge in [0.05, 0.1) is 11.8 Å². The average molecular weight is 244 g/mol. The van der Waals surface area contributed by atoms with Crippen molar-refractivity contribution in [2.75, 3.05) is 6.54 Å². The molecule has 0 unspecified atom stereocenters. The molecule has 0 fully saturated rings. The minimum absolute atomic E-state index is 0.0385. The van der Waals surface area contributed by atoms with Crippen LogP contribution >= 0.6 is 0 Å². The number of hydrogen-bond donors (Lipinski definition) is 1. The number of hydrogen-bond acceptors (Lipinski definition) is 3. The van der Waals surface area contributed by atoms with Gasteiger partial charge in [0, 0.05) is 11.8 Å². The van der Waals surface area contributed by atoms with Crippen LogP contribution in [-0.4, -0.2) is 17.3 Å². The Labute approximate surface area is 104 Å². The molecule has 0 amide bonds. The van der Waals surface area contributed by atoms with Gasteiger partial charge >= 0.3 is 0 Å². The summed E-state index contributed by atoms with van der Waals surface area (Å²) in [6, 6.07) is 8.42. The summed E-state index contributed by atoms with van der Waals surface area (Å²) in [6.07, 6.45) is 3.20. The lowest BCUT2D eigenvalue weighted by atomic mass is 10.0. The summed E-state index contributed by atoms with van der Waals surface area (Å²) in [7, 11) is 0. The van der Waals surface area contributed by atoms with E-state index in [1.54, 1.807) is 12.1 Å². The number of rotatable bonds is 4. The third-order valence-corrected chi connectivity index (χ3v) is 2.67. The van der Waals surface area contributed by atoms with Crippen LogP contribution in [0.15, 0.2) is 42.7 Å². The number of carbonyl (C=O) groups is 1. The minimum Gasteiger partial charge on any atom is -0.330 e. The quantitative estimate of drug-likeness (QED) is 0.836. The summed E-state index contributed by atoms with van der Waals surface area (Å²) in [5.41, 5.74) is 7.00. The fourth-order valence-electron chi connectivity index (χ4n) is 1.70. The Morgan fingerprint density at radius 3 is 2.56 bits per heavy atom. The highest BCUT2D eigenvalue weighted by Gasteiger charge is 2.13. The van der Waals surface area contributed by atoms with Crippen LogP contribution in [0.4, 0.5) is 4.39 Å². The lowest BCUT2D eigenvalue weighted by Crippen LogP contribution is -2.06. The van der Waals surface area contributed by atoms with E-state index in [0.29, 0.717) is 12.1 Å². The first-order valence-corrected chi connectivity index (χ1v) is 5.65. The van der Waals surface area contributed by atoms with Gasteiger partial charge in [-0.3, -0.25) is 9.78 Å². The summed E-state index contributed by atoms with van der Waals surface area (Å²) in [4.78, 5) is 15.7. The molecule has 0 aliphatic rings. The number of nitrogens with zero attached hydrogens (tertiary/aromatic N) is 1. The van der Waals surface area contributed by atoms with E-state index < -0.39 is 5.82 Å². The highest BCUT2D eigenvalue weighted by molar-refractivity contribution is 6.09. The molecule has 0 atom stereocenters. The third kappa shape index (κ3) is 2.60. The topological polar surface area (TPSA) is 56.0 Å². The Hall–Kier alpha value is -2.07. The molecule has 0 radical (unpaired) electrons. The molecule has 0 spiro atoms. The van der Waals surface area contributed by atoms with E-state index in [-0.39, 0.29) is 11.3 Å². The van der Waals surface area contributed by atoms with E-state index in [2.05, 4.69) is 4.98 Å². The minimum atomic E-state index is -0.603. The van der Waals surface area contributed by atoms with E-state index in [4.69, 9.17) is 5.73 Å². The average Bonchev–Trinajstić information content (AvgIpc) is 2.40. The van der Waals surface area contributed by atoms with Gasteiger partial charge < -0.3 is 5.73 Å². The summed E-state index contributed by atoms with van der Waals surface area (Å²) in [5.74, 6) is -0.942. The van der Waals surface area contributed by atoms with Crippen molar-refractivity contribution in [3.8, 4) is 0 Å². The molecule has 1 aromatic carbocycles. The van der Waals surface area contributed by atoms with Crippen molar-refractivity contribution in [1.29, 1.82) is 0 Å². The standard InChI is InChI=1S/C14H13FN2O/c15-13-9-17-8-6-12(13)14(18)11-3-1-10(2-4-11)5-7-16/h1-4,6,8-9H,5,7,16H2. The molecular formula is C14H13FN2O. The summed E-state index contributed by atoms with van der Waals surface area (Å²) in [5, 5.41) is 0. The third-order valence-electron chi connectivity index (χ3n) is 2.67. The van der Waals surface area contributed by atoms with Crippen molar-refractivity contribution in [3.63, 3.8) is 0 Å². The Kier molecular flexibility index (Phi) is 3.79. The molecule has 3 nitrogen and oxygen atoms in total. The van der Waals surface area contributed by atoms with Crippen molar-refractivity contribution in [2.45, 2.75) is 6.42 Å². The van der Waals surface area contributed by atoms with Crippen molar-refractivity contribution in [1.82, 2.24) is 4.98 Å². The number of halogens is 1. The number of aromatic nitrogens is 1. The van der Waals surface area contributed by atoms with Gasteiger partial charge in [0.25, 0.3) is 0 Å². The number of carbonyl (C=O) groups excluding carboxylic acids is 1. The molecule has 0 aliphatic carbocycles. The second kappa shape index (κ2) is 5.51. The highest BCUT2D eigenvalue weighted by atomic mass is 19.1. The van der Waals surface area contributed by atoms with Crippen LogP contribution in [-0.2, 0) is 6.42 Å². The zero-order chi connectivity index (χ0) is 13.0. The molecule has 92 valence electrons. The van der Waals surface area contributed by atoms with E-state index in [0.717, 1.165) is 18.2 Å². The van der Waals surface area contributed by atoms with Gasteiger partial charge in [-0.1, -0.05) is 24.3 Å². The van der Waals surface area contributed by atoms with Gasteiger partial charge in [-0.05, 0) is 24.6 Å². The van der Waals surface area contributed by atoms with Crippen LogP contribution < -0.4 is 5.73 Å². The number of pyridine rings is 1. The Balaban J connectivity index is 2.27. The molecule has 0 saturated heterocycles. The Morgan fingerprint density at radius 1 is 1.22 bits per heavy atom. The fraction of sp³-hybridized carbons (Fsp3) is 0.143. The van der Waals surface area contributed by atoms with Crippen molar-refractivity contribution in [2.24, 2.45) is 5.73 Å². The maximum Gasteiger partial charge on any atom is 0.196 e. The first-order chi connectivity index (χ1) is 8.72. The molecule has 1 heterocycles. The van der Waals surface area contributed by atoms with Gasteiger partial charge in [0.2, 0.25) is 0 Å². The van der Waals surface area contributed by atoms with Crippen molar-refractivity contribution < 1.29 is 9.18 Å². The fourth-order valence-corrected chi connectivity index (χ4v) is 1.70. The predicted octanol–water partition coefficient (Wildman–Crippen LogP) is 1.95. The van der Waals surface area contributed by atoms with Gasteiger partial charge in [-0.2, -0.15) is 0 Å². The molecule has 2 aromatic rings. The Morgan fingerprint density at radius 2 is 1.94 bits per heavy atom. The molecule has 4 heteroatoms. The first-order valence-electron chi connectivity index (χ1n) is 5.65. The van der Waals surface area contributed by atoms with E-state index in [1.165, 1.54) is 12.3 Å². The van der Waals surface area contributed by atoms with Crippen LogP contribution in [0.1, 0.15) is 21.5 Å².